The lowest BCUT2D eigenvalue weighted by atomic mass is 10.0. The van der Waals surface area contributed by atoms with Gasteiger partial charge in [0.05, 0.1) is 10.6 Å². The maximum atomic E-state index is 13.0. The van der Waals surface area contributed by atoms with Crippen LogP contribution in [-0.4, -0.2) is 29.8 Å². The van der Waals surface area contributed by atoms with Crippen LogP contribution in [0.1, 0.15) is 34.9 Å². The molecule has 3 aromatic rings. The number of fused-ring (bicyclic) bond motifs is 1. The summed E-state index contributed by atoms with van der Waals surface area (Å²) in [6, 6.07) is 6.51. The Morgan fingerprint density at radius 2 is 1.83 bits per heavy atom. The van der Waals surface area contributed by atoms with E-state index in [-0.39, 0.29) is 11.5 Å². The lowest BCUT2D eigenvalue weighted by Gasteiger charge is -2.18. The number of aromatic nitrogens is 2. The van der Waals surface area contributed by atoms with Crippen molar-refractivity contribution in [2.45, 2.75) is 52.2 Å². The molecular weight excluding hydrogens is 390 g/mol. The number of imidazole rings is 1. The van der Waals surface area contributed by atoms with Crippen molar-refractivity contribution in [3.8, 4) is 0 Å². The van der Waals surface area contributed by atoms with E-state index in [4.69, 9.17) is 4.74 Å². The van der Waals surface area contributed by atoms with E-state index in [0.717, 1.165) is 16.8 Å². The Labute approximate surface area is 170 Å². The topological polar surface area (TPSA) is 89.8 Å². The molecule has 1 N–H and O–H groups in total. The monoisotopic (exact) mass is 415 g/mol. The molecule has 8 heteroatoms. The van der Waals surface area contributed by atoms with Crippen molar-refractivity contribution in [2.24, 2.45) is 0 Å². The van der Waals surface area contributed by atoms with Crippen LogP contribution in [0, 0.1) is 27.7 Å². The fourth-order valence-corrected chi connectivity index (χ4v) is 5.06. The Morgan fingerprint density at radius 3 is 2.45 bits per heavy atom. The molecule has 0 saturated carbocycles. The summed E-state index contributed by atoms with van der Waals surface area (Å²) in [5.74, 6) is -0.662. The number of nitrogens with zero attached hydrogens (tertiary/aromatic N) is 2. The van der Waals surface area contributed by atoms with Crippen molar-refractivity contribution in [1.29, 1.82) is 0 Å². The largest absolute Gasteiger partial charge is 0.458 e. The van der Waals surface area contributed by atoms with Crippen molar-refractivity contribution in [3.63, 3.8) is 0 Å². The Morgan fingerprint density at radius 1 is 1.17 bits per heavy atom. The van der Waals surface area contributed by atoms with Crippen molar-refractivity contribution < 1.29 is 17.9 Å². The van der Waals surface area contributed by atoms with Gasteiger partial charge in [-0.25, -0.2) is 13.4 Å². The summed E-state index contributed by atoms with van der Waals surface area (Å²) in [5.41, 5.74) is 4.44. The molecule has 7 nitrogen and oxygen atoms in total. The Bertz CT molecular complexity index is 1120. The number of aryl methyl sites for hydroxylation is 2. The van der Waals surface area contributed by atoms with Crippen molar-refractivity contribution in [1.82, 2.24) is 14.1 Å². The van der Waals surface area contributed by atoms with Gasteiger partial charge in [-0.05, 0) is 69.0 Å². The lowest BCUT2D eigenvalue weighted by molar-refractivity contribution is -0.146. The molecule has 1 atom stereocenters. The smallest absolute Gasteiger partial charge is 0.324 e. The number of carbonyl (C=O) groups excluding carboxylic acids is 1. The van der Waals surface area contributed by atoms with E-state index in [0.29, 0.717) is 16.8 Å². The Kier molecular flexibility index (Phi) is 5.77. The van der Waals surface area contributed by atoms with Gasteiger partial charge in [-0.3, -0.25) is 4.79 Å². The summed E-state index contributed by atoms with van der Waals surface area (Å²) in [6.07, 6.45) is 3.61. The van der Waals surface area contributed by atoms with Gasteiger partial charge in [0.25, 0.3) is 0 Å². The first-order valence-corrected chi connectivity index (χ1v) is 10.8. The van der Waals surface area contributed by atoms with Gasteiger partial charge >= 0.3 is 5.97 Å². The molecule has 0 spiro atoms. The number of benzene rings is 1. The molecule has 0 bridgehead atoms. The average Bonchev–Trinajstić information content (AvgIpc) is 3.07. The maximum absolute atomic E-state index is 13.0. The van der Waals surface area contributed by atoms with Gasteiger partial charge in [-0.2, -0.15) is 4.72 Å². The van der Waals surface area contributed by atoms with Crippen LogP contribution in [0.5, 0.6) is 0 Å². The SMILES string of the molecule is Cc1cc(C)c(C)c(S(=O)(=O)N[C@@H](C)C(=O)OCc2cn3ccccc3n2)c1C. The van der Waals surface area contributed by atoms with Crippen LogP contribution < -0.4 is 4.72 Å². The van der Waals surface area contributed by atoms with Gasteiger partial charge < -0.3 is 9.14 Å². The fourth-order valence-electron chi connectivity index (χ4n) is 3.25. The molecule has 0 radical (unpaired) electrons. The second-order valence-electron chi connectivity index (χ2n) is 7.24. The molecular formula is C21H25N3O4S. The quantitative estimate of drug-likeness (QED) is 0.625. The first kappa shape index (κ1) is 21.0. The molecule has 0 amide bonds. The summed E-state index contributed by atoms with van der Waals surface area (Å²) in [7, 11) is -3.88. The van der Waals surface area contributed by atoms with Crippen LogP contribution in [0.4, 0.5) is 0 Å². The van der Waals surface area contributed by atoms with Crippen molar-refractivity contribution in [2.75, 3.05) is 0 Å². The van der Waals surface area contributed by atoms with E-state index in [1.165, 1.54) is 6.92 Å². The third-order valence-corrected chi connectivity index (χ3v) is 6.84. The molecule has 3 rings (SSSR count). The van der Waals surface area contributed by atoms with Crippen LogP contribution in [0.25, 0.3) is 5.65 Å². The zero-order valence-electron chi connectivity index (χ0n) is 17.2. The molecule has 0 aliphatic rings. The van der Waals surface area contributed by atoms with Crippen LogP contribution in [0.2, 0.25) is 0 Å². The first-order chi connectivity index (χ1) is 13.6. The van der Waals surface area contributed by atoms with E-state index in [1.807, 2.05) is 48.7 Å². The summed E-state index contributed by atoms with van der Waals surface area (Å²) < 4.78 is 35.4. The van der Waals surface area contributed by atoms with E-state index in [1.54, 1.807) is 20.0 Å². The molecule has 0 fully saturated rings. The van der Waals surface area contributed by atoms with Crippen molar-refractivity contribution in [3.05, 3.63) is 64.6 Å². The zero-order chi connectivity index (χ0) is 21.3. The van der Waals surface area contributed by atoms with Crippen LogP contribution in [0.3, 0.4) is 0 Å². The van der Waals surface area contributed by atoms with Gasteiger partial charge in [0.1, 0.15) is 18.3 Å². The third-order valence-electron chi connectivity index (χ3n) is 5.03. The minimum atomic E-state index is -3.88. The van der Waals surface area contributed by atoms with Crippen LogP contribution in [-0.2, 0) is 26.2 Å². The predicted molar refractivity (Wildman–Crippen MR) is 110 cm³/mol. The first-order valence-electron chi connectivity index (χ1n) is 9.29. The zero-order valence-corrected chi connectivity index (χ0v) is 18.0. The second-order valence-corrected chi connectivity index (χ2v) is 8.89. The number of pyridine rings is 1. The minimum absolute atomic E-state index is 0.0335. The molecule has 0 unspecified atom stereocenters. The highest BCUT2D eigenvalue weighted by Crippen LogP contribution is 2.26. The number of hydrogen-bond acceptors (Lipinski definition) is 5. The number of rotatable bonds is 6. The number of carbonyl (C=O) groups is 1. The molecule has 2 aromatic heterocycles. The molecule has 0 saturated heterocycles. The molecule has 1 aromatic carbocycles. The van der Waals surface area contributed by atoms with E-state index in [9.17, 15) is 13.2 Å². The van der Waals surface area contributed by atoms with Crippen LogP contribution >= 0.6 is 0 Å². The Balaban J connectivity index is 1.72. The lowest BCUT2D eigenvalue weighted by Crippen LogP contribution is -2.40. The molecule has 2 heterocycles. The van der Waals surface area contributed by atoms with E-state index in [2.05, 4.69) is 9.71 Å². The molecule has 29 heavy (non-hydrogen) atoms. The summed E-state index contributed by atoms with van der Waals surface area (Å²) in [6.45, 7) is 8.71. The van der Waals surface area contributed by atoms with Crippen LogP contribution in [0.15, 0.2) is 41.6 Å². The van der Waals surface area contributed by atoms with E-state index >= 15 is 0 Å². The van der Waals surface area contributed by atoms with Gasteiger partial charge in [-0.15, -0.1) is 0 Å². The number of nitrogens with one attached hydrogen (secondary N) is 1. The van der Waals surface area contributed by atoms with Gasteiger partial charge in [-0.1, -0.05) is 12.1 Å². The van der Waals surface area contributed by atoms with Gasteiger partial charge in [0.2, 0.25) is 10.0 Å². The third kappa shape index (κ3) is 4.33. The second kappa shape index (κ2) is 7.96. The molecule has 0 aliphatic carbocycles. The molecule has 0 aliphatic heterocycles. The highest BCUT2D eigenvalue weighted by molar-refractivity contribution is 7.89. The predicted octanol–water partition coefficient (Wildman–Crippen LogP) is 2.98. The van der Waals surface area contributed by atoms with E-state index < -0.39 is 22.0 Å². The number of ether oxygens (including phenoxy) is 1. The van der Waals surface area contributed by atoms with Crippen molar-refractivity contribution >= 4 is 21.6 Å². The fraction of sp³-hybridized carbons (Fsp3) is 0.333. The van der Waals surface area contributed by atoms with Gasteiger partial charge in [0.15, 0.2) is 0 Å². The minimum Gasteiger partial charge on any atom is -0.458 e. The number of sulfonamides is 1. The highest BCUT2D eigenvalue weighted by Gasteiger charge is 2.27. The molecule has 154 valence electrons. The van der Waals surface area contributed by atoms with Gasteiger partial charge in [0, 0.05) is 12.4 Å². The summed E-state index contributed by atoms with van der Waals surface area (Å²) in [5, 5.41) is 0. The normalized spacial score (nSPS) is 12.9. The highest BCUT2D eigenvalue weighted by atomic mass is 32.2. The standard InChI is InChI=1S/C21H25N3O4S/c1-13-10-14(2)16(4)20(15(13)3)29(26,27)23-17(5)21(25)28-12-18-11-24-9-7-6-8-19(24)22-18/h6-11,17,23H,12H2,1-5H3/t17-/m0/s1. The average molecular weight is 416 g/mol. The summed E-state index contributed by atoms with van der Waals surface area (Å²) in [4.78, 5) is 16.9. The number of esters is 1. The number of hydrogen-bond donors (Lipinski definition) is 1. The summed E-state index contributed by atoms with van der Waals surface area (Å²) >= 11 is 0. The maximum Gasteiger partial charge on any atom is 0.324 e. The Hall–Kier alpha value is -2.71.